The molecule has 0 amide bonds. The number of fused-ring (bicyclic) bond motifs is 1. The smallest absolute Gasteiger partial charge is 0.338 e. The molecule has 1 aromatic heterocycles. The van der Waals surface area contributed by atoms with Gasteiger partial charge in [0.05, 0.1) is 12.7 Å². The number of hydrogen-bond acceptors (Lipinski definition) is 8. The Hall–Kier alpha value is -3.43. The first kappa shape index (κ1) is 26.6. The summed E-state index contributed by atoms with van der Waals surface area (Å²) in [5, 5.41) is 9.19. The van der Waals surface area contributed by atoms with Crippen LogP contribution in [0.15, 0.2) is 71.5 Å². The second-order valence-corrected chi connectivity index (χ2v) is 9.72. The Morgan fingerprint density at radius 3 is 2.81 bits per heavy atom. The molecule has 1 aliphatic heterocycles. The number of methoxy groups -OCH3 is 1. The molecule has 0 saturated heterocycles. The van der Waals surface area contributed by atoms with Crippen molar-refractivity contribution in [3.63, 3.8) is 0 Å². The SMILES string of the molecule is C=CCOC(=O)C1=C(C)Nc2nc(SCCC)nn2C1c1ccc(OCc2ccccc2Cl)c(OC)c1. The lowest BCUT2D eigenvalue weighted by Crippen LogP contribution is -2.29. The van der Waals surface area contributed by atoms with E-state index in [0.717, 1.165) is 23.3 Å². The molecule has 4 rings (SSSR count). The van der Waals surface area contributed by atoms with Crippen molar-refractivity contribution >= 4 is 35.3 Å². The zero-order valence-electron chi connectivity index (χ0n) is 21.0. The molecule has 2 aromatic carbocycles. The number of carbonyl (C=O) groups excluding carboxylic acids is 1. The van der Waals surface area contributed by atoms with Crippen molar-refractivity contribution in [2.45, 2.75) is 38.1 Å². The molecule has 1 atom stereocenters. The maximum absolute atomic E-state index is 13.1. The van der Waals surface area contributed by atoms with E-state index in [1.807, 2.05) is 49.4 Å². The number of allylic oxidation sites excluding steroid dienone is 1. The number of nitrogens with zero attached hydrogens (tertiary/aromatic N) is 3. The number of benzene rings is 2. The van der Waals surface area contributed by atoms with Crippen LogP contribution >= 0.6 is 23.4 Å². The van der Waals surface area contributed by atoms with Crippen LogP contribution in [0.4, 0.5) is 5.95 Å². The number of aromatic nitrogens is 3. The quantitative estimate of drug-likeness (QED) is 0.179. The summed E-state index contributed by atoms with van der Waals surface area (Å²) < 4.78 is 18.8. The third kappa shape index (κ3) is 5.94. The van der Waals surface area contributed by atoms with Gasteiger partial charge in [-0.1, -0.05) is 67.2 Å². The molecule has 8 nitrogen and oxygen atoms in total. The fourth-order valence-electron chi connectivity index (χ4n) is 3.92. The summed E-state index contributed by atoms with van der Waals surface area (Å²) in [6, 6.07) is 12.5. The molecule has 0 bridgehead atoms. The number of halogens is 1. The first-order valence-corrected chi connectivity index (χ1v) is 13.2. The molecule has 194 valence electrons. The number of nitrogens with one attached hydrogen (secondary N) is 1. The number of ether oxygens (including phenoxy) is 3. The number of rotatable bonds is 11. The molecule has 0 radical (unpaired) electrons. The highest BCUT2D eigenvalue weighted by Gasteiger charge is 2.35. The van der Waals surface area contributed by atoms with Crippen LogP contribution in [0.25, 0.3) is 0 Å². The molecule has 1 N–H and O–H groups in total. The topological polar surface area (TPSA) is 87.5 Å². The fourth-order valence-corrected chi connectivity index (χ4v) is 4.79. The van der Waals surface area contributed by atoms with Crippen molar-refractivity contribution < 1.29 is 19.0 Å². The summed E-state index contributed by atoms with van der Waals surface area (Å²) in [5.74, 6) is 2.05. The average molecular weight is 541 g/mol. The predicted octanol–water partition coefficient (Wildman–Crippen LogP) is 6.04. The third-order valence-corrected chi connectivity index (χ3v) is 7.08. The van der Waals surface area contributed by atoms with Gasteiger partial charge in [-0.2, -0.15) is 4.98 Å². The lowest BCUT2D eigenvalue weighted by atomic mass is 9.95. The van der Waals surface area contributed by atoms with Crippen molar-refractivity contribution in [3.05, 3.63) is 82.5 Å². The van der Waals surface area contributed by atoms with Gasteiger partial charge in [0.25, 0.3) is 0 Å². The molecule has 1 aliphatic rings. The number of carbonyl (C=O) groups is 1. The van der Waals surface area contributed by atoms with Crippen molar-refractivity contribution in [3.8, 4) is 11.5 Å². The van der Waals surface area contributed by atoms with Gasteiger partial charge in [-0.05, 0) is 37.1 Å². The van der Waals surface area contributed by atoms with Crippen molar-refractivity contribution in [2.24, 2.45) is 0 Å². The van der Waals surface area contributed by atoms with E-state index in [1.165, 1.54) is 6.08 Å². The van der Waals surface area contributed by atoms with Gasteiger partial charge in [0, 0.05) is 22.0 Å². The van der Waals surface area contributed by atoms with Crippen LogP contribution in [-0.2, 0) is 16.1 Å². The summed E-state index contributed by atoms with van der Waals surface area (Å²) in [6.07, 6.45) is 2.53. The van der Waals surface area contributed by atoms with Gasteiger partial charge in [-0.25, -0.2) is 9.48 Å². The number of esters is 1. The van der Waals surface area contributed by atoms with Gasteiger partial charge in [-0.3, -0.25) is 0 Å². The van der Waals surface area contributed by atoms with Crippen LogP contribution in [0.5, 0.6) is 11.5 Å². The Morgan fingerprint density at radius 1 is 1.27 bits per heavy atom. The van der Waals surface area contributed by atoms with E-state index in [2.05, 4.69) is 23.8 Å². The van der Waals surface area contributed by atoms with Crippen LogP contribution in [-0.4, -0.2) is 40.2 Å². The fraction of sp³-hybridized carbons (Fsp3) is 0.296. The first-order chi connectivity index (χ1) is 18.0. The summed E-state index contributed by atoms with van der Waals surface area (Å²) in [6.45, 7) is 7.95. The van der Waals surface area contributed by atoms with Crippen molar-refractivity contribution in [2.75, 3.05) is 24.8 Å². The number of thioether (sulfide) groups is 1. The van der Waals surface area contributed by atoms with Crippen LogP contribution in [0.3, 0.4) is 0 Å². The molecule has 3 aromatic rings. The molecule has 1 unspecified atom stereocenters. The number of anilines is 1. The van der Waals surface area contributed by atoms with Crippen LogP contribution in [0.1, 0.15) is 37.4 Å². The highest BCUT2D eigenvalue weighted by Crippen LogP contribution is 2.40. The highest BCUT2D eigenvalue weighted by molar-refractivity contribution is 7.99. The summed E-state index contributed by atoms with van der Waals surface area (Å²) in [5.41, 5.74) is 2.71. The molecule has 10 heteroatoms. The van der Waals surface area contributed by atoms with Gasteiger partial charge in [-0.15, -0.1) is 5.10 Å². The lowest BCUT2D eigenvalue weighted by molar-refractivity contribution is -0.138. The lowest BCUT2D eigenvalue weighted by Gasteiger charge is -2.28. The minimum atomic E-state index is -0.580. The molecular formula is C27H29ClN4O4S. The van der Waals surface area contributed by atoms with E-state index in [9.17, 15) is 4.79 Å². The van der Waals surface area contributed by atoms with Crippen LogP contribution < -0.4 is 14.8 Å². The second kappa shape index (κ2) is 12.2. The van der Waals surface area contributed by atoms with Gasteiger partial charge < -0.3 is 19.5 Å². The Labute approximate surface area is 225 Å². The maximum Gasteiger partial charge on any atom is 0.338 e. The van der Waals surface area contributed by atoms with Crippen LogP contribution in [0.2, 0.25) is 5.02 Å². The van der Waals surface area contributed by atoms with E-state index in [4.69, 9.17) is 30.9 Å². The Kier molecular flexibility index (Phi) is 8.78. The zero-order valence-corrected chi connectivity index (χ0v) is 22.6. The van der Waals surface area contributed by atoms with Gasteiger partial charge in [0.2, 0.25) is 11.1 Å². The number of hydrogen-bond donors (Lipinski definition) is 1. The standard InChI is InChI=1S/C27H29ClN4O4S/c1-5-13-35-25(33)23-17(3)29-26-30-27(37-14-6-2)31-32(26)24(23)18-11-12-21(22(15-18)34-4)36-16-19-9-7-8-10-20(19)28/h5,7-12,15,24H,1,6,13-14,16H2,2-4H3,(H,29,30,31). The Bertz CT molecular complexity index is 1320. The molecule has 2 heterocycles. The summed E-state index contributed by atoms with van der Waals surface area (Å²) in [7, 11) is 1.57. The minimum Gasteiger partial charge on any atom is -0.493 e. The predicted molar refractivity (Wildman–Crippen MR) is 145 cm³/mol. The average Bonchev–Trinajstić information content (AvgIpc) is 3.31. The highest BCUT2D eigenvalue weighted by atomic mass is 35.5. The normalized spacial score (nSPS) is 14.5. The van der Waals surface area contributed by atoms with E-state index < -0.39 is 12.0 Å². The minimum absolute atomic E-state index is 0.0995. The maximum atomic E-state index is 13.1. The molecule has 37 heavy (non-hydrogen) atoms. The summed E-state index contributed by atoms with van der Waals surface area (Å²) in [4.78, 5) is 17.8. The van der Waals surface area contributed by atoms with E-state index in [1.54, 1.807) is 23.6 Å². The Balaban J connectivity index is 1.71. The van der Waals surface area contributed by atoms with Gasteiger partial charge in [0.1, 0.15) is 19.3 Å². The molecule has 0 spiro atoms. The first-order valence-electron chi connectivity index (χ1n) is 11.9. The molecule has 0 saturated carbocycles. The Morgan fingerprint density at radius 2 is 2.08 bits per heavy atom. The largest absolute Gasteiger partial charge is 0.493 e. The second-order valence-electron chi connectivity index (χ2n) is 8.25. The molecule has 0 aliphatic carbocycles. The molecular weight excluding hydrogens is 512 g/mol. The van der Waals surface area contributed by atoms with Crippen molar-refractivity contribution in [1.29, 1.82) is 0 Å². The molecule has 0 fully saturated rings. The van der Waals surface area contributed by atoms with E-state index in [-0.39, 0.29) is 13.2 Å². The third-order valence-electron chi connectivity index (χ3n) is 5.67. The van der Waals surface area contributed by atoms with E-state index in [0.29, 0.717) is 38.9 Å². The summed E-state index contributed by atoms with van der Waals surface area (Å²) >= 11 is 7.84. The van der Waals surface area contributed by atoms with Gasteiger partial charge >= 0.3 is 5.97 Å². The van der Waals surface area contributed by atoms with Crippen LogP contribution in [0, 0.1) is 0 Å². The monoisotopic (exact) mass is 540 g/mol. The zero-order chi connectivity index (χ0) is 26.4. The van der Waals surface area contributed by atoms with E-state index >= 15 is 0 Å². The van der Waals surface area contributed by atoms with Gasteiger partial charge in [0.15, 0.2) is 11.5 Å². The van der Waals surface area contributed by atoms with Crippen molar-refractivity contribution in [1.82, 2.24) is 14.8 Å².